The number of likely N-dealkylation sites (N-methyl/N-ethyl adjacent to an activating group) is 1. The molecular formula is C14H26N2O3. The smallest absolute Gasteiger partial charge is 0.320 e. The van der Waals surface area contributed by atoms with E-state index in [9.17, 15) is 9.59 Å². The van der Waals surface area contributed by atoms with Gasteiger partial charge in [0, 0.05) is 26.1 Å². The number of nitrogens with zero attached hydrogens (tertiary/aromatic N) is 2. The second-order valence-corrected chi connectivity index (χ2v) is 5.74. The van der Waals surface area contributed by atoms with Crippen LogP contribution in [0.4, 0.5) is 4.79 Å². The van der Waals surface area contributed by atoms with Crippen molar-refractivity contribution in [3.63, 3.8) is 0 Å². The van der Waals surface area contributed by atoms with Crippen molar-refractivity contribution in [2.45, 2.75) is 33.7 Å². The van der Waals surface area contributed by atoms with Crippen LogP contribution in [0.15, 0.2) is 0 Å². The van der Waals surface area contributed by atoms with E-state index in [1.54, 1.807) is 16.8 Å². The van der Waals surface area contributed by atoms with E-state index in [-0.39, 0.29) is 29.7 Å². The number of carbonyl (C=O) groups excluding carboxylic acids is 2. The molecule has 1 saturated heterocycles. The number of urea groups is 1. The summed E-state index contributed by atoms with van der Waals surface area (Å²) in [5, 5.41) is 0. The molecule has 0 aromatic rings. The van der Waals surface area contributed by atoms with Crippen LogP contribution in [-0.2, 0) is 9.53 Å². The van der Waals surface area contributed by atoms with E-state index in [1.165, 1.54) is 0 Å². The van der Waals surface area contributed by atoms with Gasteiger partial charge < -0.3 is 14.5 Å². The highest BCUT2D eigenvalue weighted by atomic mass is 16.5. The molecule has 1 unspecified atom stereocenters. The number of hydrogen-bond acceptors (Lipinski definition) is 3. The lowest BCUT2D eigenvalue weighted by molar-refractivity contribution is -0.127. The molecule has 0 radical (unpaired) electrons. The lowest BCUT2D eigenvalue weighted by Crippen LogP contribution is -2.54. The number of Topliss-reactive ketones (excluding diaryl/α,β-unsaturated/α-hetero) is 1. The summed E-state index contributed by atoms with van der Waals surface area (Å²) < 4.78 is 5.24. The molecule has 19 heavy (non-hydrogen) atoms. The fourth-order valence-corrected chi connectivity index (χ4v) is 2.40. The maximum absolute atomic E-state index is 12.4. The zero-order valence-electron chi connectivity index (χ0n) is 12.7. The van der Waals surface area contributed by atoms with Gasteiger partial charge in [-0.1, -0.05) is 27.7 Å². The largest absolute Gasteiger partial charge is 0.378 e. The fourth-order valence-electron chi connectivity index (χ4n) is 2.40. The van der Waals surface area contributed by atoms with E-state index >= 15 is 0 Å². The molecule has 110 valence electrons. The van der Waals surface area contributed by atoms with E-state index in [4.69, 9.17) is 4.74 Å². The number of rotatable bonds is 4. The molecule has 1 aliphatic rings. The summed E-state index contributed by atoms with van der Waals surface area (Å²) in [6.45, 7) is 10.1. The van der Waals surface area contributed by atoms with E-state index in [0.717, 1.165) is 0 Å². The summed E-state index contributed by atoms with van der Waals surface area (Å²) in [5.41, 5.74) is 0. The Balaban J connectivity index is 2.78. The molecule has 1 aliphatic heterocycles. The van der Waals surface area contributed by atoms with Crippen molar-refractivity contribution in [2.24, 2.45) is 11.8 Å². The molecule has 5 heteroatoms. The molecule has 1 heterocycles. The van der Waals surface area contributed by atoms with Crippen LogP contribution >= 0.6 is 0 Å². The molecular weight excluding hydrogens is 244 g/mol. The van der Waals surface area contributed by atoms with Crippen molar-refractivity contribution in [1.29, 1.82) is 0 Å². The van der Waals surface area contributed by atoms with Gasteiger partial charge in [-0.15, -0.1) is 0 Å². The predicted molar refractivity (Wildman–Crippen MR) is 74.0 cm³/mol. The van der Waals surface area contributed by atoms with Gasteiger partial charge in [0.2, 0.25) is 0 Å². The third-order valence-electron chi connectivity index (χ3n) is 3.49. The summed E-state index contributed by atoms with van der Waals surface area (Å²) in [7, 11) is 1.72. The molecule has 0 aromatic carbocycles. The Bertz CT molecular complexity index is 323. The lowest BCUT2D eigenvalue weighted by Gasteiger charge is -2.36. The Hall–Kier alpha value is -1.10. The minimum absolute atomic E-state index is 0.0626. The Kier molecular flexibility index (Phi) is 5.79. The fraction of sp³-hybridized carbons (Fsp3) is 0.857. The third-order valence-corrected chi connectivity index (χ3v) is 3.49. The van der Waals surface area contributed by atoms with Crippen molar-refractivity contribution in [1.82, 2.24) is 9.80 Å². The second kappa shape index (κ2) is 6.89. The zero-order valence-corrected chi connectivity index (χ0v) is 12.7. The first-order chi connectivity index (χ1) is 8.86. The first-order valence-corrected chi connectivity index (χ1v) is 6.99. The quantitative estimate of drug-likeness (QED) is 0.780. The normalized spacial score (nSPS) is 17.7. The minimum atomic E-state index is -0.352. The first kappa shape index (κ1) is 16.0. The molecule has 0 N–H and O–H groups in total. The maximum atomic E-state index is 12.4. The van der Waals surface area contributed by atoms with E-state index < -0.39 is 0 Å². The molecule has 1 atom stereocenters. The van der Waals surface area contributed by atoms with E-state index in [2.05, 4.69) is 0 Å². The van der Waals surface area contributed by atoms with Crippen molar-refractivity contribution in [3.05, 3.63) is 0 Å². The van der Waals surface area contributed by atoms with Crippen molar-refractivity contribution in [3.8, 4) is 0 Å². The monoisotopic (exact) mass is 270 g/mol. The van der Waals surface area contributed by atoms with Crippen LogP contribution in [0.3, 0.4) is 0 Å². The Morgan fingerprint density at radius 1 is 1.11 bits per heavy atom. The van der Waals surface area contributed by atoms with Crippen molar-refractivity contribution >= 4 is 11.8 Å². The van der Waals surface area contributed by atoms with Crippen molar-refractivity contribution < 1.29 is 14.3 Å². The van der Waals surface area contributed by atoms with Crippen LogP contribution in [-0.4, -0.2) is 61.0 Å². The van der Waals surface area contributed by atoms with Gasteiger partial charge in [-0.05, 0) is 5.92 Å². The molecule has 1 fully saturated rings. The van der Waals surface area contributed by atoms with E-state index in [1.807, 2.05) is 27.7 Å². The molecule has 0 saturated carbocycles. The highest BCUT2D eigenvalue weighted by Gasteiger charge is 2.33. The van der Waals surface area contributed by atoms with Crippen LogP contribution in [0.2, 0.25) is 0 Å². The van der Waals surface area contributed by atoms with Gasteiger partial charge in [0.25, 0.3) is 0 Å². The second-order valence-electron chi connectivity index (χ2n) is 5.74. The van der Waals surface area contributed by atoms with Crippen molar-refractivity contribution in [2.75, 3.05) is 33.4 Å². The van der Waals surface area contributed by atoms with Gasteiger partial charge in [-0.25, -0.2) is 4.79 Å². The number of ether oxygens (including phenoxy) is 1. The van der Waals surface area contributed by atoms with Crippen LogP contribution in [0.1, 0.15) is 27.7 Å². The van der Waals surface area contributed by atoms with Crippen LogP contribution < -0.4 is 0 Å². The van der Waals surface area contributed by atoms with Gasteiger partial charge in [0.1, 0.15) is 0 Å². The van der Waals surface area contributed by atoms with Crippen LogP contribution in [0, 0.1) is 11.8 Å². The number of carbonyl (C=O) groups is 2. The summed E-state index contributed by atoms with van der Waals surface area (Å²) in [6.07, 6.45) is 0. The summed E-state index contributed by atoms with van der Waals surface area (Å²) in [5.74, 6) is 0.177. The summed E-state index contributed by atoms with van der Waals surface area (Å²) in [6, 6.07) is -0.425. The zero-order chi connectivity index (χ0) is 14.6. The highest BCUT2D eigenvalue weighted by Crippen LogP contribution is 2.17. The lowest BCUT2D eigenvalue weighted by atomic mass is 9.92. The number of ketones is 1. The van der Waals surface area contributed by atoms with E-state index in [0.29, 0.717) is 26.3 Å². The minimum Gasteiger partial charge on any atom is -0.378 e. The first-order valence-electron chi connectivity index (χ1n) is 6.99. The average Bonchev–Trinajstić information content (AvgIpc) is 2.38. The molecule has 0 aromatic heterocycles. The molecule has 2 amide bonds. The van der Waals surface area contributed by atoms with Gasteiger partial charge in [-0.2, -0.15) is 0 Å². The predicted octanol–water partition coefficient (Wildman–Crippen LogP) is 1.62. The topological polar surface area (TPSA) is 49.9 Å². The van der Waals surface area contributed by atoms with Gasteiger partial charge in [-0.3, -0.25) is 4.79 Å². The maximum Gasteiger partial charge on any atom is 0.320 e. The standard InChI is InChI=1S/C14H26N2O3/c1-10(2)12(13(17)11(3)4)15(5)14(18)16-6-8-19-9-7-16/h10-12H,6-9H2,1-5H3. The highest BCUT2D eigenvalue weighted by molar-refractivity contribution is 5.90. The molecule has 0 aliphatic carbocycles. The molecule has 0 spiro atoms. The average molecular weight is 270 g/mol. The number of amides is 2. The Morgan fingerprint density at radius 3 is 2.05 bits per heavy atom. The SMILES string of the molecule is CC(C)C(=O)C(C(C)C)N(C)C(=O)N1CCOCC1. The molecule has 5 nitrogen and oxygen atoms in total. The van der Waals surface area contributed by atoms with Crippen LogP contribution in [0.25, 0.3) is 0 Å². The van der Waals surface area contributed by atoms with Crippen LogP contribution in [0.5, 0.6) is 0 Å². The summed E-state index contributed by atoms with van der Waals surface area (Å²) >= 11 is 0. The number of hydrogen-bond donors (Lipinski definition) is 0. The molecule has 1 rings (SSSR count). The third kappa shape index (κ3) is 3.93. The van der Waals surface area contributed by atoms with Gasteiger partial charge in [0.05, 0.1) is 19.3 Å². The Morgan fingerprint density at radius 2 is 1.63 bits per heavy atom. The van der Waals surface area contributed by atoms with Gasteiger partial charge >= 0.3 is 6.03 Å². The summed E-state index contributed by atoms with van der Waals surface area (Å²) in [4.78, 5) is 28.0. The number of morpholine rings is 1. The van der Waals surface area contributed by atoms with Gasteiger partial charge in [0.15, 0.2) is 5.78 Å². The molecule has 0 bridgehead atoms. The Labute approximate surface area is 115 Å².